The first-order valence-electron chi connectivity index (χ1n) is 7.74. The lowest BCUT2D eigenvalue weighted by Crippen LogP contribution is -2.29. The van der Waals surface area contributed by atoms with Crippen LogP contribution in [0.1, 0.15) is 12.8 Å². The van der Waals surface area contributed by atoms with Gasteiger partial charge in [-0.3, -0.25) is 0 Å². The number of hydrogen-bond acceptors (Lipinski definition) is 5. The van der Waals surface area contributed by atoms with Crippen LogP contribution in [0.15, 0.2) is 36.0 Å². The summed E-state index contributed by atoms with van der Waals surface area (Å²) >= 11 is 7.50. The predicted octanol–water partition coefficient (Wildman–Crippen LogP) is 5.17. The number of carbonyl (C=O) groups is 1. The van der Waals surface area contributed by atoms with Gasteiger partial charge in [-0.2, -0.15) is 0 Å². The van der Waals surface area contributed by atoms with E-state index in [1.54, 1.807) is 11.6 Å². The SMILES string of the molecule is O=C(OCC1CC1)N(c1c(F)cccc1Cl)c1nccc2ncsc12. The fraction of sp³-hybridized carbons (Fsp3) is 0.235. The molecule has 0 spiro atoms. The highest BCUT2D eigenvalue weighted by Gasteiger charge is 2.30. The number of halogens is 2. The number of anilines is 2. The number of hydrogen-bond donors (Lipinski definition) is 0. The minimum atomic E-state index is -0.702. The molecule has 1 aromatic carbocycles. The minimum Gasteiger partial charge on any atom is -0.449 e. The third-order valence-corrected chi connectivity index (χ3v) is 5.07. The Labute approximate surface area is 152 Å². The fourth-order valence-corrected chi connectivity index (χ4v) is 3.47. The van der Waals surface area contributed by atoms with Crippen LogP contribution in [0, 0.1) is 11.7 Å². The molecule has 2 heterocycles. The lowest BCUT2D eigenvalue weighted by molar-refractivity contribution is 0.151. The van der Waals surface area contributed by atoms with Crippen molar-refractivity contribution in [3.05, 3.63) is 46.8 Å². The standard InChI is InChI=1S/C17H13ClFN3O2S/c18-11-2-1-3-12(19)14(11)22(17(23)24-8-10-4-5-10)16-15-13(6-7-20-16)21-9-25-15/h1-3,6-7,9-10H,4-5,8H2. The summed E-state index contributed by atoms with van der Waals surface area (Å²) in [5.74, 6) is 0.0148. The maximum absolute atomic E-state index is 14.5. The van der Waals surface area contributed by atoms with Crippen molar-refractivity contribution in [2.75, 3.05) is 11.5 Å². The number of nitrogens with zero attached hydrogens (tertiary/aromatic N) is 3. The van der Waals surface area contributed by atoms with Crippen LogP contribution in [0.3, 0.4) is 0 Å². The number of rotatable bonds is 4. The van der Waals surface area contributed by atoms with E-state index in [1.165, 1.54) is 35.7 Å². The van der Waals surface area contributed by atoms with Gasteiger partial charge in [-0.1, -0.05) is 17.7 Å². The zero-order chi connectivity index (χ0) is 17.4. The summed E-state index contributed by atoms with van der Waals surface area (Å²) in [6.45, 7) is 0.306. The predicted molar refractivity (Wildman–Crippen MR) is 95.0 cm³/mol. The largest absolute Gasteiger partial charge is 0.449 e. The van der Waals surface area contributed by atoms with Crippen molar-refractivity contribution in [2.45, 2.75) is 12.8 Å². The quantitative estimate of drug-likeness (QED) is 0.629. The number of aromatic nitrogens is 2. The van der Waals surface area contributed by atoms with E-state index in [1.807, 2.05) is 0 Å². The molecule has 1 amide bonds. The zero-order valence-electron chi connectivity index (χ0n) is 13.0. The maximum Gasteiger partial charge on any atom is 0.420 e. The van der Waals surface area contributed by atoms with Crippen molar-refractivity contribution in [3.63, 3.8) is 0 Å². The van der Waals surface area contributed by atoms with E-state index in [4.69, 9.17) is 16.3 Å². The van der Waals surface area contributed by atoms with Gasteiger partial charge in [0.2, 0.25) is 0 Å². The van der Waals surface area contributed by atoms with E-state index >= 15 is 0 Å². The Morgan fingerprint density at radius 1 is 1.36 bits per heavy atom. The second-order valence-corrected chi connectivity index (χ2v) is 7.02. The molecule has 0 aliphatic heterocycles. The van der Waals surface area contributed by atoms with Gasteiger partial charge in [0, 0.05) is 6.20 Å². The molecule has 0 radical (unpaired) electrons. The van der Waals surface area contributed by atoms with Crippen LogP contribution in [0.5, 0.6) is 0 Å². The molecule has 0 N–H and O–H groups in total. The summed E-state index contributed by atoms with van der Waals surface area (Å²) in [4.78, 5) is 22.4. The van der Waals surface area contributed by atoms with Crippen LogP contribution in [0.25, 0.3) is 10.2 Å². The Morgan fingerprint density at radius 2 is 2.20 bits per heavy atom. The number of ether oxygens (including phenoxy) is 1. The lowest BCUT2D eigenvalue weighted by Gasteiger charge is -2.23. The fourth-order valence-electron chi connectivity index (χ4n) is 2.46. The third-order valence-electron chi connectivity index (χ3n) is 3.92. The normalized spacial score (nSPS) is 13.8. The Kier molecular flexibility index (Phi) is 4.27. The number of thiazole rings is 1. The molecule has 1 fully saturated rings. The molecule has 1 saturated carbocycles. The summed E-state index contributed by atoms with van der Waals surface area (Å²) in [7, 11) is 0. The highest BCUT2D eigenvalue weighted by Crippen LogP contribution is 2.38. The number of carbonyl (C=O) groups excluding carboxylic acids is 1. The van der Waals surface area contributed by atoms with Crippen LogP contribution in [0.4, 0.5) is 20.7 Å². The summed E-state index contributed by atoms with van der Waals surface area (Å²) < 4.78 is 20.5. The molecule has 2 aromatic heterocycles. The minimum absolute atomic E-state index is 0.0710. The monoisotopic (exact) mass is 377 g/mol. The van der Waals surface area contributed by atoms with Gasteiger partial charge in [-0.25, -0.2) is 24.1 Å². The first-order valence-corrected chi connectivity index (χ1v) is 9.00. The van der Waals surface area contributed by atoms with E-state index in [0.717, 1.165) is 17.7 Å². The van der Waals surface area contributed by atoms with Gasteiger partial charge in [0.05, 0.1) is 27.4 Å². The number of fused-ring (bicyclic) bond motifs is 1. The van der Waals surface area contributed by atoms with E-state index < -0.39 is 11.9 Å². The molecule has 0 unspecified atom stereocenters. The smallest absolute Gasteiger partial charge is 0.420 e. The van der Waals surface area contributed by atoms with Crippen molar-refractivity contribution in [2.24, 2.45) is 5.92 Å². The van der Waals surface area contributed by atoms with Gasteiger partial charge in [0.1, 0.15) is 11.5 Å². The molecule has 1 aliphatic rings. The first-order chi connectivity index (χ1) is 12.1. The number of amides is 1. The van der Waals surface area contributed by atoms with E-state index in [0.29, 0.717) is 22.7 Å². The molecule has 8 heteroatoms. The third kappa shape index (κ3) is 3.17. The highest BCUT2D eigenvalue weighted by molar-refractivity contribution is 7.17. The molecule has 5 nitrogen and oxygen atoms in total. The molecule has 3 aromatic rings. The van der Waals surface area contributed by atoms with Gasteiger partial charge in [0.25, 0.3) is 0 Å². The van der Waals surface area contributed by atoms with Crippen molar-refractivity contribution in [1.82, 2.24) is 9.97 Å². The molecule has 1 aliphatic carbocycles. The van der Waals surface area contributed by atoms with Crippen molar-refractivity contribution in [1.29, 1.82) is 0 Å². The molecular formula is C17H13ClFN3O2S. The number of para-hydroxylation sites is 1. The highest BCUT2D eigenvalue weighted by atomic mass is 35.5. The van der Waals surface area contributed by atoms with Crippen LogP contribution in [0.2, 0.25) is 5.02 Å². The summed E-state index contributed by atoms with van der Waals surface area (Å²) in [6, 6.07) is 5.98. The van der Waals surface area contributed by atoms with Gasteiger partial charge < -0.3 is 4.74 Å². The average Bonchev–Trinajstić information content (AvgIpc) is 3.30. The van der Waals surface area contributed by atoms with Gasteiger partial charge >= 0.3 is 6.09 Å². The summed E-state index contributed by atoms with van der Waals surface area (Å²) in [5, 5.41) is 0.103. The molecule has 4 rings (SSSR count). The Bertz CT molecular complexity index is 924. The van der Waals surface area contributed by atoms with Crippen molar-refractivity contribution in [3.8, 4) is 0 Å². The van der Waals surface area contributed by atoms with Crippen LogP contribution in [-0.4, -0.2) is 22.7 Å². The molecule has 0 bridgehead atoms. The summed E-state index contributed by atoms with van der Waals surface area (Å²) in [6.07, 6.45) is 2.90. The summed E-state index contributed by atoms with van der Waals surface area (Å²) in [5.41, 5.74) is 2.24. The molecule has 25 heavy (non-hydrogen) atoms. The van der Waals surface area contributed by atoms with Crippen LogP contribution < -0.4 is 4.90 Å². The Balaban J connectivity index is 1.83. The van der Waals surface area contributed by atoms with Crippen LogP contribution in [-0.2, 0) is 4.74 Å². The molecule has 128 valence electrons. The molecule has 0 saturated heterocycles. The van der Waals surface area contributed by atoms with Crippen molar-refractivity contribution >= 4 is 50.8 Å². The number of pyridine rings is 1. The first kappa shape index (κ1) is 16.2. The topological polar surface area (TPSA) is 55.3 Å². The average molecular weight is 378 g/mol. The second kappa shape index (κ2) is 6.57. The van der Waals surface area contributed by atoms with Gasteiger partial charge in [-0.05, 0) is 37.0 Å². The van der Waals surface area contributed by atoms with Gasteiger partial charge in [-0.15, -0.1) is 11.3 Å². The Hall–Kier alpha value is -2.25. The van der Waals surface area contributed by atoms with Crippen molar-refractivity contribution < 1.29 is 13.9 Å². The van der Waals surface area contributed by atoms with E-state index in [-0.39, 0.29) is 16.5 Å². The van der Waals surface area contributed by atoms with Crippen LogP contribution >= 0.6 is 22.9 Å². The number of benzene rings is 1. The molecule has 0 atom stereocenters. The Morgan fingerprint density at radius 3 is 2.96 bits per heavy atom. The van der Waals surface area contributed by atoms with E-state index in [2.05, 4.69) is 9.97 Å². The maximum atomic E-state index is 14.5. The molecular weight excluding hydrogens is 365 g/mol. The van der Waals surface area contributed by atoms with Gasteiger partial charge in [0.15, 0.2) is 5.82 Å². The van der Waals surface area contributed by atoms with E-state index in [9.17, 15) is 9.18 Å². The zero-order valence-corrected chi connectivity index (χ0v) is 14.6. The lowest BCUT2D eigenvalue weighted by atomic mass is 10.2. The second-order valence-electron chi connectivity index (χ2n) is 5.76.